The molecule has 3 nitrogen and oxygen atoms in total. The third kappa shape index (κ3) is 2.31. The molecule has 0 aliphatic carbocycles. The fourth-order valence-electron chi connectivity index (χ4n) is 1.60. The molecule has 1 aromatic rings. The van der Waals surface area contributed by atoms with E-state index in [-0.39, 0.29) is 11.5 Å². The van der Waals surface area contributed by atoms with Crippen LogP contribution in [0.4, 0.5) is 10.1 Å². The molecule has 0 amide bonds. The minimum atomic E-state index is -1.08. The van der Waals surface area contributed by atoms with Gasteiger partial charge in [0.2, 0.25) is 0 Å². The van der Waals surface area contributed by atoms with Crippen molar-refractivity contribution in [2.24, 2.45) is 0 Å². The molecule has 88 valence electrons. The van der Waals surface area contributed by atoms with Crippen molar-refractivity contribution >= 4 is 23.3 Å². The van der Waals surface area contributed by atoms with Crippen molar-refractivity contribution in [3.8, 4) is 0 Å². The standard InChI is InChI=1S/C12H9ClFNO2/c13-11-3-1-2-10(12(16)17)15(11)9-6-4-8(14)5-7-9/h1-7,11H,(H,16,17). The highest BCUT2D eigenvalue weighted by Crippen LogP contribution is 2.27. The number of anilines is 1. The van der Waals surface area contributed by atoms with Gasteiger partial charge in [0.05, 0.1) is 0 Å². The molecule has 0 spiro atoms. The zero-order valence-electron chi connectivity index (χ0n) is 8.68. The normalized spacial score (nSPS) is 19.1. The second-order valence-electron chi connectivity index (χ2n) is 3.46. The van der Waals surface area contributed by atoms with E-state index < -0.39 is 11.5 Å². The van der Waals surface area contributed by atoms with Crippen molar-refractivity contribution in [2.45, 2.75) is 5.50 Å². The van der Waals surface area contributed by atoms with Gasteiger partial charge in [0.25, 0.3) is 0 Å². The van der Waals surface area contributed by atoms with Gasteiger partial charge < -0.3 is 10.0 Å². The average Bonchev–Trinajstić information content (AvgIpc) is 2.30. The predicted octanol–water partition coefficient (Wildman–Crippen LogP) is 2.74. The summed E-state index contributed by atoms with van der Waals surface area (Å²) in [7, 11) is 0. The van der Waals surface area contributed by atoms with Gasteiger partial charge in [-0.1, -0.05) is 17.7 Å². The second-order valence-corrected chi connectivity index (χ2v) is 3.91. The predicted molar refractivity (Wildman–Crippen MR) is 63.4 cm³/mol. The summed E-state index contributed by atoms with van der Waals surface area (Å²) < 4.78 is 12.8. The maximum Gasteiger partial charge on any atom is 0.352 e. The van der Waals surface area contributed by atoms with Gasteiger partial charge in [-0.2, -0.15) is 0 Å². The second kappa shape index (κ2) is 4.59. The van der Waals surface area contributed by atoms with Crippen LogP contribution in [0.2, 0.25) is 0 Å². The Hall–Kier alpha value is -1.81. The summed E-state index contributed by atoms with van der Waals surface area (Å²) in [6, 6.07) is 5.49. The van der Waals surface area contributed by atoms with Crippen molar-refractivity contribution in [1.82, 2.24) is 0 Å². The molecule has 0 aromatic heterocycles. The summed E-state index contributed by atoms with van der Waals surface area (Å²) in [5.74, 6) is -1.46. The zero-order chi connectivity index (χ0) is 12.4. The third-order valence-corrected chi connectivity index (χ3v) is 2.69. The van der Waals surface area contributed by atoms with Gasteiger partial charge in [-0.3, -0.25) is 0 Å². The zero-order valence-corrected chi connectivity index (χ0v) is 9.43. The molecule has 0 radical (unpaired) electrons. The van der Waals surface area contributed by atoms with Crippen LogP contribution in [0.25, 0.3) is 0 Å². The molecule has 2 rings (SSSR count). The van der Waals surface area contributed by atoms with Crippen LogP contribution in [0.3, 0.4) is 0 Å². The van der Waals surface area contributed by atoms with Crippen molar-refractivity contribution < 1.29 is 14.3 Å². The lowest BCUT2D eigenvalue weighted by molar-refractivity contribution is -0.132. The minimum Gasteiger partial charge on any atom is -0.477 e. The number of aliphatic carboxylic acids is 1. The molecule has 1 atom stereocenters. The van der Waals surface area contributed by atoms with Gasteiger partial charge >= 0.3 is 5.97 Å². The first kappa shape index (κ1) is 11.7. The average molecular weight is 254 g/mol. The largest absolute Gasteiger partial charge is 0.477 e. The van der Waals surface area contributed by atoms with E-state index in [1.807, 2.05) is 0 Å². The van der Waals surface area contributed by atoms with Crippen molar-refractivity contribution in [3.63, 3.8) is 0 Å². The Morgan fingerprint density at radius 3 is 2.59 bits per heavy atom. The van der Waals surface area contributed by atoms with Gasteiger partial charge in [0.1, 0.15) is 17.0 Å². The maximum atomic E-state index is 12.8. The van der Waals surface area contributed by atoms with Crippen LogP contribution in [-0.2, 0) is 4.79 Å². The topological polar surface area (TPSA) is 40.5 Å². The number of alkyl halides is 1. The Balaban J connectivity index is 2.41. The van der Waals surface area contributed by atoms with E-state index in [1.165, 1.54) is 35.2 Å². The highest BCUT2D eigenvalue weighted by Gasteiger charge is 2.25. The summed E-state index contributed by atoms with van der Waals surface area (Å²) in [6.07, 6.45) is 4.68. The lowest BCUT2D eigenvalue weighted by Crippen LogP contribution is -2.34. The number of rotatable bonds is 2. The number of nitrogens with zero attached hydrogens (tertiary/aromatic N) is 1. The molecule has 0 saturated carbocycles. The van der Waals surface area contributed by atoms with Crippen LogP contribution in [0, 0.1) is 5.82 Å². The van der Waals surface area contributed by atoms with E-state index in [2.05, 4.69) is 0 Å². The van der Waals surface area contributed by atoms with Crippen LogP contribution in [-0.4, -0.2) is 16.6 Å². The van der Waals surface area contributed by atoms with Crippen LogP contribution in [0.15, 0.2) is 48.2 Å². The SMILES string of the molecule is O=C(O)C1=CC=CC(Cl)N1c1ccc(F)cc1. The van der Waals surface area contributed by atoms with Crippen LogP contribution >= 0.6 is 11.6 Å². The molecular weight excluding hydrogens is 245 g/mol. The Morgan fingerprint density at radius 2 is 2.00 bits per heavy atom. The van der Waals surface area contributed by atoms with Crippen LogP contribution < -0.4 is 4.90 Å². The van der Waals surface area contributed by atoms with E-state index in [0.29, 0.717) is 5.69 Å². The number of halogens is 2. The fraction of sp³-hybridized carbons (Fsp3) is 0.0833. The van der Waals surface area contributed by atoms with Crippen molar-refractivity contribution in [2.75, 3.05) is 4.90 Å². The van der Waals surface area contributed by atoms with Crippen LogP contribution in [0.5, 0.6) is 0 Å². The Kier molecular flexibility index (Phi) is 3.15. The highest BCUT2D eigenvalue weighted by molar-refractivity contribution is 6.24. The minimum absolute atomic E-state index is 0.0547. The Labute approximate surface area is 102 Å². The van der Waals surface area contributed by atoms with E-state index >= 15 is 0 Å². The summed E-state index contributed by atoms with van der Waals surface area (Å²) in [6.45, 7) is 0. The summed E-state index contributed by atoms with van der Waals surface area (Å²) in [5.41, 5.74) is -0.0138. The number of allylic oxidation sites excluding steroid dienone is 2. The molecule has 0 saturated heterocycles. The first-order chi connectivity index (χ1) is 8.09. The number of carboxylic acids is 1. The monoisotopic (exact) mass is 253 g/mol. The molecule has 17 heavy (non-hydrogen) atoms. The van der Waals surface area contributed by atoms with Gasteiger partial charge in [-0.25, -0.2) is 9.18 Å². The summed E-state index contributed by atoms with van der Waals surface area (Å²) in [4.78, 5) is 12.5. The smallest absolute Gasteiger partial charge is 0.352 e. The fourth-order valence-corrected chi connectivity index (χ4v) is 1.90. The molecule has 5 heteroatoms. The molecule has 1 aliphatic rings. The summed E-state index contributed by atoms with van der Waals surface area (Å²) >= 11 is 6.04. The first-order valence-corrected chi connectivity index (χ1v) is 5.34. The van der Waals surface area contributed by atoms with E-state index in [1.54, 1.807) is 12.2 Å². The van der Waals surface area contributed by atoms with E-state index in [0.717, 1.165) is 0 Å². The molecule has 1 unspecified atom stereocenters. The first-order valence-electron chi connectivity index (χ1n) is 4.90. The molecule has 1 heterocycles. The number of hydrogen-bond acceptors (Lipinski definition) is 2. The van der Waals surface area contributed by atoms with Gasteiger partial charge in [-0.15, -0.1) is 0 Å². The Morgan fingerprint density at radius 1 is 1.35 bits per heavy atom. The maximum absolute atomic E-state index is 12.8. The lowest BCUT2D eigenvalue weighted by Gasteiger charge is -2.30. The number of carbonyl (C=O) groups is 1. The third-order valence-electron chi connectivity index (χ3n) is 2.35. The van der Waals surface area contributed by atoms with Crippen molar-refractivity contribution in [1.29, 1.82) is 0 Å². The lowest BCUT2D eigenvalue weighted by atomic mass is 10.2. The number of benzene rings is 1. The van der Waals surface area contributed by atoms with E-state index in [4.69, 9.17) is 16.7 Å². The van der Waals surface area contributed by atoms with Gasteiger partial charge in [0, 0.05) is 5.69 Å². The molecule has 1 N–H and O–H groups in total. The molecule has 1 aliphatic heterocycles. The van der Waals surface area contributed by atoms with E-state index in [9.17, 15) is 9.18 Å². The molecule has 0 fully saturated rings. The molecular formula is C12H9ClFNO2. The van der Waals surface area contributed by atoms with Gasteiger partial charge in [-0.05, 0) is 36.4 Å². The molecule has 1 aromatic carbocycles. The quantitative estimate of drug-likeness (QED) is 0.651. The Bertz CT molecular complexity index is 496. The van der Waals surface area contributed by atoms with Crippen LogP contribution in [0.1, 0.15) is 0 Å². The number of carboxylic acid groups (broad SMARTS) is 1. The van der Waals surface area contributed by atoms with Crippen molar-refractivity contribution in [3.05, 3.63) is 54.0 Å². The molecule has 0 bridgehead atoms. The van der Waals surface area contributed by atoms with Gasteiger partial charge in [0.15, 0.2) is 0 Å². The highest BCUT2D eigenvalue weighted by atomic mass is 35.5. The summed E-state index contributed by atoms with van der Waals surface area (Å²) in [5, 5.41) is 9.07. The number of hydrogen-bond donors (Lipinski definition) is 1.